The summed E-state index contributed by atoms with van der Waals surface area (Å²) in [5, 5.41) is 2.32. The van der Waals surface area contributed by atoms with E-state index < -0.39 is 11.9 Å². The Hall–Kier alpha value is -5.32. The molecule has 38 heavy (non-hydrogen) atoms. The highest BCUT2D eigenvalue weighted by Gasteiger charge is 1.98. The number of esters is 2. The van der Waals surface area contributed by atoms with Gasteiger partial charge in [-0.3, -0.25) is 0 Å². The van der Waals surface area contributed by atoms with Crippen LogP contribution in [-0.2, 0) is 19.1 Å². The first-order valence-electron chi connectivity index (χ1n) is 11.8. The van der Waals surface area contributed by atoms with Crippen molar-refractivity contribution in [1.29, 1.82) is 0 Å². The van der Waals surface area contributed by atoms with E-state index in [2.05, 4.69) is 81.7 Å². The quantitative estimate of drug-likeness (QED) is 0.191. The van der Waals surface area contributed by atoms with Gasteiger partial charge in [-0.15, -0.1) is 0 Å². The molecule has 0 spiro atoms. The third-order valence-electron chi connectivity index (χ3n) is 5.63. The largest absolute Gasteiger partial charge is 0.459 e. The molecule has 0 aliphatic rings. The highest BCUT2D eigenvalue weighted by molar-refractivity contribution is 5.90. The summed E-state index contributed by atoms with van der Waals surface area (Å²) in [5.41, 5.74) is 5.76. The van der Waals surface area contributed by atoms with E-state index in [1.54, 1.807) is 0 Å². The van der Waals surface area contributed by atoms with E-state index in [-0.39, 0.29) is 0 Å². The Kier molecular flexibility index (Phi) is 8.53. The molecule has 4 nitrogen and oxygen atoms in total. The molecule has 0 aliphatic carbocycles. The average molecular weight is 497 g/mol. The van der Waals surface area contributed by atoms with E-state index >= 15 is 0 Å². The number of carbonyl (C=O) groups is 2. The Morgan fingerprint density at radius 2 is 0.895 bits per heavy atom. The van der Waals surface area contributed by atoms with Crippen molar-refractivity contribution in [1.82, 2.24) is 0 Å². The number of hydrogen-bond donors (Lipinski definition) is 0. The molecule has 0 saturated heterocycles. The van der Waals surface area contributed by atoms with Crippen molar-refractivity contribution in [2.24, 2.45) is 0 Å². The van der Waals surface area contributed by atoms with E-state index in [1.807, 2.05) is 60.7 Å². The van der Waals surface area contributed by atoms with E-state index in [9.17, 15) is 9.59 Å². The lowest BCUT2D eigenvalue weighted by Gasteiger charge is -2.03. The summed E-state index contributed by atoms with van der Waals surface area (Å²) in [5.74, 6) is 9.30. The lowest BCUT2D eigenvalue weighted by molar-refractivity contribution is -0.134. The van der Waals surface area contributed by atoms with Crippen LogP contribution < -0.4 is 0 Å². The van der Waals surface area contributed by atoms with Crippen molar-refractivity contribution in [2.75, 3.05) is 14.2 Å². The van der Waals surface area contributed by atoms with Gasteiger partial charge < -0.3 is 9.47 Å². The van der Waals surface area contributed by atoms with Crippen LogP contribution in [0.2, 0.25) is 0 Å². The number of carbonyl (C=O) groups excluding carboxylic acids is 2. The molecule has 0 fully saturated rings. The van der Waals surface area contributed by atoms with Gasteiger partial charge in [0.1, 0.15) is 0 Å². The second kappa shape index (κ2) is 12.6. The SMILES string of the molecule is COC(=O)C#Cc1ccc(C=Cc2ccc3ccc(C=Cc4ccc(C#CC(=O)OC)cc4)cc3c2)cc1. The maximum Gasteiger partial charge on any atom is 0.384 e. The standard InChI is InChI=1S/C34H24O4/c1-37-33(35)21-17-27-7-3-25(4-8-27)11-13-29-15-19-31-20-16-30(24-32(31)23-29)14-12-26-5-9-28(10-6-26)18-22-34(36)38-2/h3-16,19-20,23-24H,1-2H3. The Morgan fingerprint density at radius 1 is 0.526 bits per heavy atom. The summed E-state index contributed by atoms with van der Waals surface area (Å²) >= 11 is 0. The summed E-state index contributed by atoms with van der Waals surface area (Å²) in [6.45, 7) is 0. The Bertz CT molecular complexity index is 1530. The molecular formula is C34H24O4. The van der Waals surface area contributed by atoms with Crippen LogP contribution in [0.4, 0.5) is 0 Å². The van der Waals surface area contributed by atoms with Gasteiger partial charge in [0.25, 0.3) is 0 Å². The van der Waals surface area contributed by atoms with Crippen LogP contribution in [0.25, 0.3) is 35.1 Å². The van der Waals surface area contributed by atoms with Gasteiger partial charge in [0.05, 0.1) is 14.2 Å². The minimum absolute atomic E-state index is 0.554. The van der Waals surface area contributed by atoms with Crippen molar-refractivity contribution in [2.45, 2.75) is 0 Å². The van der Waals surface area contributed by atoms with Gasteiger partial charge in [0.2, 0.25) is 0 Å². The normalized spacial score (nSPS) is 10.5. The van der Waals surface area contributed by atoms with E-state index in [1.165, 1.54) is 19.6 Å². The maximum absolute atomic E-state index is 11.2. The number of ether oxygens (including phenoxy) is 2. The molecule has 0 N–H and O–H groups in total. The van der Waals surface area contributed by atoms with Crippen molar-refractivity contribution in [3.63, 3.8) is 0 Å². The van der Waals surface area contributed by atoms with Crippen LogP contribution in [0.3, 0.4) is 0 Å². The minimum atomic E-state index is -0.554. The van der Waals surface area contributed by atoms with Crippen LogP contribution >= 0.6 is 0 Å². The molecule has 0 unspecified atom stereocenters. The Morgan fingerprint density at radius 3 is 1.29 bits per heavy atom. The fourth-order valence-corrected chi connectivity index (χ4v) is 3.58. The van der Waals surface area contributed by atoms with Gasteiger partial charge >= 0.3 is 11.9 Å². The van der Waals surface area contributed by atoms with Gasteiger partial charge in [-0.1, -0.05) is 84.7 Å². The first-order chi connectivity index (χ1) is 18.5. The summed E-state index contributed by atoms with van der Waals surface area (Å²) < 4.78 is 9.06. The molecule has 4 aromatic rings. The molecule has 0 aliphatic heterocycles. The predicted octanol–water partition coefficient (Wildman–Crippen LogP) is 6.23. The third kappa shape index (κ3) is 7.34. The van der Waals surface area contributed by atoms with Gasteiger partial charge in [-0.25, -0.2) is 9.59 Å². The number of fused-ring (bicyclic) bond motifs is 1. The number of rotatable bonds is 4. The molecule has 184 valence electrons. The minimum Gasteiger partial charge on any atom is -0.459 e. The smallest absolute Gasteiger partial charge is 0.384 e. The second-order valence-electron chi connectivity index (χ2n) is 8.26. The molecule has 0 heterocycles. The predicted molar refractivity (Wildman–Crippen MR) is 152 cm³/mol. The fraction of sp³-hybridized carbons (Fsp3) is 0.0588. The first kappa shape index (κ1) is 25.8. The molecule has 4 heteroatoms. The van der Waals surface area contributed by atoms with Crippen molar-refractivity contribution >= 4 is 47.0 Å². The Balaban J connectivity index is 1.45. The monoisotopic (exact) mass is 496 g/mol. The molecular weight excluding hydrogens is 472 g/mol. The molecule has 0 aromatic heterocycles. The molecule has 0 amide bonds. The van der Waals surface area contributed by atoms with E-state index in [0.717, 1.165) is 38.8 Å². The van der Waals surface area contributed by atoms with Crippen molar-refractivity contribution in [3.05, 3.63) is 118 Å². The number of hydrogen-bond acceptors (Lipinski definition) is 4. The summed E-state index contributed by atoms with van der Waals surface area (Å²) in [7, 11) is 2.62. The van der Waals surface area contributed by atoms with Gasteiger partial charge in [-0.05, 0) is 69.4 Å². The highest BCUT2D eigenvalue weighted by Crippen LogP contribution is 2.21. The average Bonchev–Trinajstić information content (AvgIpc) is 2.97. The van der Waals surface area contributed by atoms with Gasteiger partial charge in [0.15, 0.2) is 0 Å². The zero-order valence-corrected chi connectivity index (χ0v) is 21.0. The summed E-state index contributed by atoms with van der Waals surface area (Å²) in [6, 6.07) is 28.1. The zero-order valence-electron chi connectivity index (χ0n) is 21.0. The summed E-state index contributed by atoms with van der Waals surface area (Å²) in [4.78, 5) is 22.3. The van der Waals surface area contributed by atoms with Crippen LogP contribution in [0, 0.1) is 23.7 Å². The van der Waals surface area contributed by atoms with Crippen LogP contribution in [-0.4, -0.2) is 26.2 Å². The molecule has 0 saturated carbocycles. The maximum atomic E-state index is 11.2. The van der Waals surface area contributed by atoms with Crippen LogP contribution in [0.1, 0.15) is 33.4 Å². The van der Waals surface area contributed by atoms with Crippen molar-refractivity contribution < 1.29 is 19.1 Å². The lowest BCUT2D eigenvalue weighted by Crippen LogP contribution is -1.94. The highest BCUT2D eigenvalue weighted by atomic mass is 16.5. The topological polar surface area (TPSA) is 52.6 Å². The van der Waals surface area contributed by atoms with Crippen molar-refractivity contribution in [3.8, 4) is 23.7 Å². The third-order valence-corrected chi connectivity index (χ3v) is 5.63. The number of methoxy groups -OCH3 is 2. The van der Waals surface area contributed by atoms with Crippen LogP contribution in [0.15, 0.2) is 84.9 Å². The molecule has 4 rings (SSSR count). The molecule has 0 atom stereocenters. The van der Waals surface area contributed by atoms with E-state index in [4.69, 9.17) is 0 Å². The fourth-order valence-electron chi connectivity index (χ4n) is 3.58. The summed E-state index contributed by atoms with van der Waals surface area (Å²) in [6.07, 6.45) is 8.23. The first-order valence-corrected chi connectivity index (χ1v) is 11.8. The molecule has 0 radical (unpaired) electrons. The number of benzene rings is 4. The van der Waals surface area contributed by atoms with E-state index in [0.29, 0.717) is 0 Å². The zero-order chi connectivity index (χ0) is 26.7. The molecule has 4 aromatic carbocycles. The Labute approximate surface area is 222 Å². The van der Waals surface area contributed by atoms with Crippen LogP contribution in [0.5, 0.6) is 0 Å². The molecule has 0 bridgehead atoms. The van der Waals surface area contributed by atoms with Gasteiger partial charge in [-0.2, -0.15) is 0 Å². The lowest BCUT2D eigenvalue weighted by atomic mass is 10.0. The van der Waals surface area contributed by atoms with Gasteiger partial charge in [0, 0.05) is 23.0 Å². The second-order valence-corrected chi connectivity index (χ2v) is 8.26.